The second-order valence-corrected chi connectivity index (χ2v) is 3.87. The second kappa shape index (κ2) is 5.51. The Morgan fingerprint density at radius 2 is 1.89 bits per heavy atom. The molecular weight excluding hydrogens is 231 g/mol. The minimum atomic E-state index is -0.431. The molecular formula is C14H13FN2O. The number of aliphatic hydroxyl groups excluding tert-OH is 1. The van der Waals surface area contributed by atoms with Crippen molar-refractivity contribution in [2.45, 2.75) is 6.92 Å². The van der Waals surface area contributed by atoms with Gasteiger partial charge in [0.2, 0.25) is 0 Å². The van der Waals surface area contributed by atoms with E-state index in [1.165, 1.54) is 0 Å². The fourth-order valence-corrected chi connectivity index (χ4v) is 1.55. The Bertz CT molecular complexity index is 547. The number of rotatable bonds is 3. The quantitative estimate of drug-likeness (QED) is 0.903. The van der Waals surface area contributed by atoms with Crippen molar-refractivity contribution in [1.82, 2.24) is 10.2 Å². The van der Waals surface area contributed by atoms with Gasteiger partial charge < -0.3 is 5.11 Å². The maximum absolute atomic E-state index is 13.4. The molecule has 2 aromatic rings. The molecule has 3 nitrogen and oxygen atoms in total. The summed E-state index contributed by atoms with van der Waals surface area (Å²) in [5, 5.41) is 16.7. The fourth-order valence-electron chi connectivity index (χ4n) is 1.55. The van der Waals surface area contributed by atoms with Gasteiger partial charge in [-0.2, -0.15) is 10.2 Å². The van der Waals surface area contributed by atoms with E-state index in [0.29, 0.717) is 5.56 Å². The number of nitrogens with zero attached hydrogens (tertiary/aromatic N) is 2. The molecule has 0 saturated carbocycles. The number of aromatic nitrogens is 2. The van der Waals surface area contributed by atoms with Gasteiger partial charge in [-0.05, 0) is 25.1 Å². The van der Waals surface area contributed by atoms with Crippen molar-refractivity contribution in [3.8, 4) is 11.3 Å². The normalized spacial score (nSPS) is 11.6. The summed E-state index contributed by atoms with van der Waals surface area (Å²) in [5.74, 6) is -0.431. The first-order valence-corrected chi connectivity index (χ1v) is 5.58. The van der Waals surface area contributed by atoms with Crippen LogP contribution in [-0.4, -0.2) is 21.9 Å². The SMILES string of the molecule is Cc1ccc(-c2ccc(C(F)=CCO)cc2)nn1. The van der Waals surface area contributed by atoms with Crippen molar-refractivity contribution in [2.75, 3.05) is 6.61 Å². The van der Waals surface area contributed by atoms with Gasteiger partial charge in [0.05, 0.1) is 18.0 Å². The molecule has 1 aromatic carbocycles. The van der Waals surface area contributed by atoms with Crippen LogP contribution >= 0.6 is 0 Å². The zero-order valence-electron chi connectivity index (χ0n) is 9.97. The van der Waals surface area contributed by atoms with E-state index >= 15 is 0 Å². The van der Waals surface area contributed by atoms with Gasteiger partial charge in [0, 0.05) is 11.1 Å². The zero-order chi connectivity index (χ0) is 13.0. The molecule has 18 heavy (non-hydrogen) atoms. The van der Waals surface area contributed by atoms with Crippen LogP contribution in [0.1, 0.15) is 11.3 Å². The van der Waals surface area contributed by atoms with Crippen molar-refractivity contribution in [3.63, 3.8) is 0 Å². The average molecular weight is 244 g/mol. The Labute approximate surface area is 105 Å². The van der Waals surface area contributed by atoms with E-state index in [0.717, 1.165) is 23.0 Å². The lowest BCUT2D eigenvalue weighted by Crippen LogP contribution is -1.89. The highest BCUT2D eigenvalue weighted by Gasteiger charge is 2.02. The van der Waals surface area contributed by atoms with Crippen LogP contribution in [0.15, 0.2) is 42.5 Å². The molecule has 1 heterocycles. The van der Waals surface area contributed by atoms with Crippen LogP contribution in [0.2, 0.25) is 0 Å². The fraction of sp³-hybridized carbons (Fsp3) is 0.143. The number of aryl methyl sites for hydroxylation is 1. The molecule has 4 heteroatoms. The van der Waals surface area contributed by atoms with E-state index < -0.39 is 5.83 Å². The lowest BCUT2D eigenvalue weighted by Gasteiger charge is -2.02. The van der Waals surface area contributed by atoms with Crippen LogP contribution < -0.4 is 0 Å². The number of aliphatic hydroxyl groups is 1. The summed E-state index contributed by atoms with van der Waals surface area (Å²) < 4.78 is 13.4. The summed E-state index contributed by atoms with van der Waals surface area (Å²) in [7, 11) is 0. The molecule has 1 aromatic heterocycles. The Hall–Kier alpha value is -2.07. The molecule has 0 saturated heterocycles. The summed E-state index contributed by atoms with van der Waals surface area (Å²) in [6.45, 7) is 1.56. The summed E-state index contributed by atoms with van der Waals surface area (Å²) in [4.78, 5) is 0. The standard InChI is InChI=1S/C14H13FN2O/c1-10-2-7-14(17-16-10)12-5-3-11(4-6-12)13(15)8-9-18/h2-8,18H,9H2,1H3. The highest BCUT2D eigenvalue weighted by molar-refractivity contribution is 5.65. The molecule has 1 N–H and O–H groups in total. The van der Waals surface area contributed by atoms with Crippen molar-refractivity contribution < 1.29 is 9.50 Å². The molecule has 92 valence electrons. The van der Waals surface area contributed by atoms with Gasteiger partial charge in [-0.3, -0.25) is 0 Å². The van der Waals surface area contributed by atoms with Crippen LogP contribution in [0, 0.1) is 6.92 Å². The van der Waals surface area contributed by atoms with Crippen molar-refractivity contribution >= 4 is 5.83 Å². The van der Waals surface area contributed by atoms with Crippen LogP contribution in [0.4, 0.5) is 4.39 Å². The number of benzene rings is 1. The number of hydrogen-bond donors (Lipinski definition) is 1. The molecule has 0 unspecified atom stereocenters. The maximum atomic E-state index is 13.4. The van der Waals surface area contributed by atoms with Gasteiger partial charge in [0.1, 0.15) is 5.83 Å². The monoisotopic (exact) mass is 244 g/mol. The third-order valence-corrected chi connectivity index (χ3v) is 2.52. The largest absolute Gasteiger partial charge is 0.392 e. The summed E-state index contributed by atoms with van der Waals surface area (Å²) in [6.07, 6.45) is 1.13. The molecule has 0 spiro atoms. The minimum absolute atomic E-state index is 0.309. The third-order valence-electron chi connectivity index (χ3n) is 2.52. The molecule has 0 aliphatic rings. The van der Waals surface area contributed by atoms with Gasteiger partial charge >= 0.3 is 0 Å². The molecule has 0 amide bonds. The summed E-state index contributed by atoms with van der Waals surface area (Å²) >= 11 is 0. The molecule has 0 aliphatic carbocycles. The second-order valence-electron chi connectivity index (χ2n) is 3.87. The predicted octanol–water partition coefficient (Wildman–Crippen LogP) is 2.75. The van der Waals surface area contributed by atoms with E-state index in [4.69, 9.17) is 5.11 Å². The summed E-state index contributed by atoms with van der Waals surface area (Å²) in [6, 6.07) is 10.6. The van der Waals surface area contributed by atoms with Gasteiger partial charge in [-0.1, -0.05) is 24.3 Å². The lowest BCUT2D eigenvalue weighted by molar-refractivity contribution is 0.342. The Kier molecular flexibility index (Phi) is 3.79. The first-order valence-electron chi connectivity index (χ1n) is 5.58. The van der Waals surface area contributed by atoms with Crippen molar-refractivity contribution in [2.24, 2.45) is 0 Å². The van der Waals surface area contributed by atoms with Crippen molar-refractivity contribution in [3.05, 3.63) is 53.7 Å². The highest BCUT2D eigenvalue weighted by Crippen LogP contribution is 2.21. The molecule has 0 bridgehead atoms. The molecule has 0 atom stereocenters. The smallest absolute Gasteiger partial charge is 0.128 e. The Morgan fingerprint density at radius 1 is 1.17 bits per heavy atom. The highest BCUT2D eigenvalue weighted by atomic mass is 19.1. The van der Waals surface area contributed by atoms with Gasteiger partial charge in [0.25, 0.3) is 0 Å². The van der Waals surface area contributed by atoms with Gasteiger partial charge in [-0.25, -0.2) is 4.39 Å². The summed E-state index contributed by atoms with van der Waals surface area (Å²) in [5.41, 5.74) is 2.92. The predicted molar refractivity (Wildman–Crippen MR) is 68.4 cm³/mol. The molecule has 0 aliphatic heterocycles. The van der Waals surface area contributed by atoms with Gasteiger partial charge in [0.15, 0.2) is 0 Å². The third kappa shape index (κ3) is 2.78. The van der Waals surface area contributed by atoms with Gasteiger partial charge in [-0.15, -0.1) is 0 Å². The zero-order valence-corrected chi connectivity index (χ0v) is 9.97. The van der Waals surface area contributed by atoms with E-state index in [2.05, 4.69) is 10.2 Å². The molecule has 0 fully saturated rings. The first kappa shape index (κ1) is 12.4. The van der Waals surface area contributed by atoms with Crippen LogP contribution in [0.25, 0.3) is 17.1 Å². The van der Waals surface area contributed by atoms with E-state index in [1.807, 2.05) is 19.1 Å². The maximum Gasteiger partial charge on any atom is 0.128 e. The Balaban J connectivity index is 2.27. The average Bonchev–Trinajstić information content (AvgIpc) is 2.40. The van der Waals surface area contributed by atoms with Crippen LogP contribution in [0.5, 0.6) is 0 Å². The topological polar surface area (TPSA) is 46.0 Å². The van der Waals surface area contributed by atoms with E-state index in [-0.39, 0.29) is 6.61 Å². The lowest BCUT2D eigenvalue weighted by atomic mass is 10.1. The minimum Gasteiger partial charge on any atom is -0.392 e. The first-order chi connectivity index (χ1) is 8.70. The molecule has 0 radical (unpaired) electrons. The molecule has 2 rings (SSSR count). The van der Waals surface area contributed by atoms with Crippen LogP contribution in [0.3, 0.4) is 0 Å². The van der Waals surface area contributed by atoms with Crippen molar-refractivity contribution in [1.29, 1.82) is 0 Å². The number of halogens is 1. The van der Waals surface area contributed by atoms with E-state index in [9.17, 15) is 4.39 Å². The number of hydrogen-bond acceptors (Lipinski definition) is 3. The van der Waals surface area contributed by atoms with Crippen LogP contribution in [-0.2, 0) is 0 Å². The van der Waals surface area contributed by atoms with E-state index in [1.54, 1.807) is 24.3 Å². The Morgan fingerprint density at radius 3 is 2.44 bits per heavy atom.